The van der Waals surface area contributed by atoms with Crippen LogP contribution in [0.3, 0.4) is 0 Å². The molecule has 0 saturated carbocycles. The third-order valence-electron chi connectivity index (χ3n) is 7.38. The molecule has 1 unspecified atom stereocenters. The summed E-state index contributed by atoms with van der Waals surface area (Å²) in [7, 11) is -0.613. The van der Waals surface area contributed by atoms with Crippen molar-refractivity contribution in [2.75, 3.05) is 31.9 Å². The Hall–Kier alpha value is -3.26. The van der Waals surface area contributed by atoms with E-state index in [1.165, 1.54) is 28.5 Å². The molecule has 11 nitrogen and oxygen atoms in total. The smallest absolute Gasteiger partial charge is 0.269 e. The van der Waals surface area contributed by atoms with Crippen molar-refractivity contribution in [1.29, 1.82) is 0 Å². The second-order valence-electron chi connectivity index (χ2n) is 11.3. The van der Waals surface area contributed by atoms with Crippen LogP contribution in [-0.4, -0.2) is 68.6 Å². The van der Waals surface area contributed by atoms with E-state index in [0.717, 1.165) is 23.4 Å². The van der Waals surface area contributed by atoms with Crippen LogP contribution in [0.25, 0.3) is 16.7 Å². The minimum atomic E-state index is -4.16. The number of sulfonamides is 1. The molecule has 0 aliphatic carbocycles. The van der Waals surface area contributed by atoms with Crippen LogP contribution in [0.15, 0.2) is 53.9 Å². The molecule has 3 aromatic heterocycles. The van der Waals surface area contributed by atoms with Gasteiger partial charge < -0.3 is 14.2 Å². The van der Waals surface area contributed by atoms with Gasteiger partial charge in [-0.25, -0.2) is 22.4 Å². The number of pyridine rings is 1. The number of benzene rings is 1. The Morgan fingerprint density at radius 1 is 1.10 bits per heavy atom. The molecule has 0 saturated heterocycles. The lowest BCUT2D eigenvalue weighted by Crippen LogP contribution is -2.34. The highest BCUT2D eigenvalue weighted by Gasteiger charge is 2.32. The zero-order chi connectivity index (χ0) is 30.0. The number of hydrogen-bond donors (Lipinski definition) is 0. The Balaban J connectivity index is 1.78. The highest BCUT2D eigenvalue weighted by atomic mass is 32.2. The van der Waals surface area contributed by atoms with Crippen LogP contribution in [0.1, 0.15) is 25.8 Å². The van der Waals surface area contributed by atoms with Crippen molar-refractivity contribution in [2.24, 2.45) is 7.05 Å². The molecule has 0 bridgehead atoms. The normalized spacial score (nSPS) is 13.9. The Labute approximate surface area is 243 Å². The molecule has 3 heterocycles. The predicted molar refractivity (Wildman–Crippen MR) is 162 cm³/mol. The summed E-state index contributed by atoms with van der Waals surface area (Å²) in [5.41, 5.74) is 1.37. The topological polar surface area (TPSA) is 114 Å². The number of aromatic nitrogens is 5. The van der Waals surface area contributed by atoms with Gasteiger partial charge in [0.1, 0.15) is 23.1 Å². The Bertz CT molecular complexity index is 1610. The number of nitrogens with zero attached hydrogens (tertiary/aromatic N) is 6. The maximum Gasteiger partial charge on any atom is 0.269 e. The summed E-state index contributed by atoms with van der Waals surface area (Å²) in [6, 6.07) is 8.22. The van der Waals surface area contributed by atoms with Gasteiger partial charge in [0.05, 0.1) is 36.8 Å². The highest BCUT2D eigenvalue weighted by Crippen LogP contribution is 2.39. The van der Waals surface area contributed by atoms with Gasteiger partial charge in [-0.2, -0.15) is 10.2 Å². The molecule has 13 heteroatoms. The molecule has 0 amide bonds. The van der Waals surface area contributed by atoms with Gasteiger partial charge in [-0.1, -0.05) is 26.6 Å². The average molecular weight is 601 g/mol. The summed E-state index contributed by atoms with van der Waals surface area (Å²) in [6.45, 7) is 11.0. The Kier molecular flexibility index (Phi) is 8.92. The van der Waals surface area contributed by atoms with Crippen LogP contribution in [-0.2, 0) is 32.1 Å². The third-order valence-corrected chi connectivity index (χ3v) is 10.8. The van der Waals surface area contributed by atoms with Crippen LogP contribution < -0.4 is 9.04 Å². The first-order valence-corrected chi connectivity index (χ1v) is 18.7. The molecule has 222 valence electrons. The van der Waals surface area contributed by atoms with Crippen LogP contribution >= 0.6 is 0 Å². The minimum absolute atomic E-state index is 0.00952. The van der Waals surface area contributed by atoms with Gasteiger partial charge in [0, 0.05) is 40.4 Å². The number of hydrogen-bond acceptors (Lipinski definition) is 8. The quantitative estimate of drug-likeness (QED) is 0.120. The van der Waals surface area contributed by atoms with Crippen LogP contribution in [0.4, 0.5) is 5.69 Å². The maximum atomic E-state index is 14.3. The molecule has 0 N–H and O–H groups in total. The molecule has 0 radical (unpaired) electrons. The van der Waals surface area contributed by atoms with E-state index in [4.69, 9.17) is 14.2 Å². The SMILES string of the molecule is CCC(C)(OC)c1ccnc(-n2cc(S(=O)(=O)N(COCC[Si](C)(C)C)c3c(OC)ccc4cnn(C)c34)cn2)c1. The second kappa shape index (κ2) is 11.9. The molecular formula is C28H40N6O5SSi. The van der Waals surface area contributed by atoms with Crippen molar-refractivity contribution in [3.63, 3.8) is 0 Å². The van der Waals surface area contributed by atoms with Crippen LogP contribution in [0, 0.1) is 0 Å². The van der Waals surface area contributed by atoms with Gasteiger partial charge in [-0.05, 0) is 49.2 Å². The lowest BCUT2D eigenvalue weighted by Gasteiger charge is -2.27. The Morgan fingerprint density at radius 3 is 2.51 bits per heavy atom. The van der Waals surface area contributed by atoms with Crippen molar-refractivity contribution >= 4 is 34.7 Å². The van der Waals surface area contributed by atoms with Crippen molar-refractivity contribution in [1.82, 2.24) is 24.5 Å². The summed E-state index contributed by atoms with van der Waals surface area (Å²) < 4.78 is 50.3. The molecule has 4 rings (SSSR count). The first-order chi connectivity index (χ1) is 19.3. The van der Waals surface area contributed by atoms with Crippen molar-refractivity contribution < 1.29 is 22.6 Å². The van der Waals surface area contributed by atoms with E-state index in [2.05, 4.69) is 34.8 Å². The monoisotopic (exact) mass is 600 g/mol. The molecule has 0 aliphatic rings. The van der Waals surface area contributed by atoms with Gasteiger partial charge in [-0.3, -0.25) is 4.68 Å². The maximum absolute atomic E-state index is 14.3. The zero-order valence-corrected chi connectivity index (χ0v) is 26.9. The lowest BCUT2D eigenvalue weighted by atomic mass is 9.94. The molecule has 41 heavy (non-hydrogen) atoms. The van der Waals surface area contributed by atoms with Crippen LogP contribution in [0.5, 0.6) is 5.75 Å². The minimum Gasteiger partial charge on any atom is -0.494 e. The molecule has 4 aromatic rings. The molecule has 0 aliphatic heterocycles. The number of methoxy groups -OCH3 is 2. The zero-order valence-electron chi connectivity index (χ0n) is 25.1. The van der Waals surface area contributed by atoms with Gasteiger partial charge in [-0.15, -0.1) is 0 Å². The molecule has 1 aromatic carbocycles. The molecular weight excluding hydrogens is 560 g/mol. The van der Waals surface area contributed by atoms with Gasteiger partial charge in [0.15, 0.2) is 5.82 Å². The molecule has 0 fully saturated rings. The van der Waals surface area contributed by atoms with Crippen molar-refractivity contribution in [3.05, 3.63) is 54.6 Å². The number of anilines is 1. The Morgan fingerprint density at radius 2 is 1.85 bits per heavy atom. The number of fused-ring (bicyclic) bond motifs is 1. The van der Waals surface area contributed by atoms with E-state index in [1.54, 1.807) is 37.3 Å². The summed E-state index contributed by atoms with van der Waals surface area (Å²) in [4.78, 5) is 4.42. The number of ether oxygens (including phenoxy) is 3. The fourth-order valence-electron chi connectivity index (χ4n) is 4.44. The summed E-state index contributed by atoms with van der Waals surface area (Å²) in [6.07, 6.45) is 6.89. The first-order valence-electron chi connectivity index (χ1n) is 13.5. The average Bonchev–Trinajstić information content (AvgIpc) is 3.60. The summed E-state index contributed by atoms with van der Waals surface area (Å²) in [5, 5.41) is 9.50. The molecule has 1 atom stereocenters. The van der Waals surface area contributed by atoms with Crippen molar-refractivity contribution in [2.45, 2.75) is 56.4 Å². The van der Waals surface area contributed by atoms with Crippen molar-refractivity contribution in [3.8, 4) is 11.6 Å². The van der Waals surface area contributed by atoms with E-state index in [9.17, 15) is 8.42 Å². The predicted octanol–water partition coefficient (Wildman–Crippen LogP) is 4.94. The van der Waals surface area contributed by atoms with Gasteiger partial charge in [0.2, 0.25) is 0 Å². The lowest BCUT2D eigenvalue weighted by molar-refractivity contribution is -0.00147. The number of aryl methyl sites for hydroxylation is 1. The highest BCUT2D eigenvalue weighted by molar-refractivity contribution is 7.92. The van der Waals surface area contributed by atoms with Gasteiger partial charge in [0.25, 0.3) is 10.0 Å². The second-order valence-corrected chi connectivity index (χ2v) is 18.8. The fraction of sp³-hybridized carbons (Fsp3) is 0.464. The van der Waals surface area contributed by atoms with E-state index >= 15 is 0 Å². The standard InChI is InChI=1S/C28H40N6O5SSi/c1-9-28(2,38-5)22-12-13-29-25(16-22)33-19-23(18-31-33)40(35,36)34(20-39-14-15-41(6,7)8)27-24(37-4)11-10-21-17-30-32(3)26(21)27/h10-13,16-19H,9,14-15,20H2,1-8H3. The van der Waals surface area contributed by atoms with E-state index < -0.39 is 23.7 Å². The van der Waals surface area contributed by atoms with Gasteiger partial charge >= 0.3 is 0 Å². The largest absolute Gasteiger partial charge is 0.494 e. The molecule has 0 spiro atoms. The fourth-order valence-corrected chi connectivity index (χ4v) is 6.50. The number of rotatable bonds is 13. The summed E-state index contributed by atoms with van der Waals surface area (Å²) >= 11 is 0. The van der Waals surface area contributed by atoms with E-state index in [-0.39, 0.29) is 11.6 Å². The summed E-state index contributed by atoms with van der Waals surface area (Å²) in [5.74, 6) is 0.864. The van der Waals surface area contributed by atoms with E-state index in [0.29, 0.717) is 29.4 Å². The van der Waals surface area contributed by atoms with E-state index in [1.807, 2.05) is 32.0 Å². The third kappa shape index (κ3) is 6.32. The van der Waals surface area contributed by atoms with Crippen LogP contribution in [0.2, 0.25) is 25.7 Å². The first kappa shape index (κ1) is 30.7.